The lowest BCUT2D eigenvalue weighted by atomic mass is 10.1. The monoisotopic (exact) mass is 325 g/mol. The summed E-state index contributed by atoms with van der Waals surface area (Å²) in [5.41, 5.74) is 0.910. The smallest absolute Gasteiger partial charge is 0.321 e. The summed E-state index contributed by atoms with van der Waals surface area (Å²) >= 11 is 6.20. The Morgan fingerprint density at radius 2 is 2.14 bits per heavy atom. The molecule has 7 heteroatoms. The van der Waals surface area contributed by atoms with Crippen LogP contribution in [0.4, 0.5) is 4.79 Å². The van der Waals surface area contributed by atoms with E-state index in [2.05, 4.69) is 10.6 Å². The molecule has 6 nitrogen and oxygen atoms in total. The van der Waals surface area contributed by atoms with E-state index in [1.165, 1.54) is 7.05 Å². The average Bonchev–Trinajstić information content (AvgIpc) is 2.54. The predicted octanol–water partition coefficient (Wildman–Crippen LogP) is 1.56. The molecule has 0 unspecified atom stereocenters. The number of ether oxygens (including phenoxy) is 1. The maximum absolute atomic E-state index is 12.0. The average molecular weight is 326 g/mol. The molecule has 0 bridgehead atoms. The molecule has 1 heterocycles. The Morgan fingerprint density at radius 1 is 1.41 bits per heavy atom. The number of nitrogens with one attached hydrogen (secondary N) is 2. The maximum atomic E-state index is 12.0. The number of hydrogen-bond acceptors (Lipinski definition) is 4. The molecule has 2 rings (SSSR count). The molecule has 1 fully saturated rings. The third-order valence-electron chi connectivity index (χ3n) is 3.74. The van der Waals surface area contributed by atoms with Crippen molar-refractivity contribution in [1.29, 1.82) is 0 Å². The van der Waals surface area contributed by atoms with Gasteiger partial charge in [-0.2, -0.15) is 0 Å². The molecule has 1 aliphatic rings. The van der Waals surface area contributed by atoms with Crippen LogP contribution in [0.25, 0.3) is 0 Å². The number of nitrogens with zero attached hydrogens (tertiary/aromatic N) is 1. The zero-order chi connectivity index (χ0) is 16.1. The summed E-state index contributed by atoms with van der Waals surface area (Å²) in [5, 5.41) is 5.31. The van der Waals surface area contributed by atoms with Crippen LogP contribution < -0.4 is 10.6 Å². The lowest BCUT2D eigenvalue weighted by Gasteiger charge is -2.36. The number of benzene rings is 1. The quantitative estimate of drug-likeness (QED) is 0.884. The highest BCUT2D eigenvalue weighted by molar-refractivity contribution is 6.31. The van der Waals surface area contributed by atoms with Gasteiger partial charge in [0.1, 0.15) is 0 Å². The fourth-order valence-electron chi connectivity index (χ4n) is 2.39. The van der Waals surface area contributed by atoms with E-state index in [-0.39, 0.29) is 12.0 Å². The molecular weight excluding hydrogens is 306 g/mol. The Morgan fingerprint density at radius 3 is 2.82 bits per heavy atom. The molecule has 0 saturated carbocycles. The summed E-state index contributed by atoms with van der Waals surface area (Å²) in [6.07, 6.45) is -0.183. The highest BCUT2D eigenvalue weighted by Crippen LogP contribution is 2.28. The fraction of sp³-hybridized carbons (Fsp3) is 0.467. The van der Waals surface area contributed by atoms with Crippen LogP contribution in [-0.4, -0.2) is 49.6 Å². The normalized spacial score (nSPS) is 20.2. The molecule has 2 atom stereocenters. The van der Waals surface area contributed by atoms with Crippen LogP contribution in [0.15, 0.2) is 24.3 Å². The lowest BCUT2D eigenvalue weighted by molar-refractivity contribution is -0.128. The first kappa shape index (κ1) is 16.7. The summed E-state index contributed by atoms with van der Waals surface area (Å²) in [6, 6.07) is 6.59. The van der Waals surface area contributed by atoms with Gasteiger partial charge in [0.15, 0.2) is 0 Å². The summed E-state index contributed by atoms with van der Waals surface area (Å²) < 4.78 is 5.77. The van der Waals surface area contributed by atoms with Crippen molar-refractivity contribution in [1.82, 2.24) is 15.5 Å². The van der Waals surface area contributed by atoms with Gasteiger partial charge in [0.2, 0.25) is 5.91 Å². The van der Waals surface area contributed by atoms with E-state index >= 15 is 0 Å². The third kappa shape index (κ3) is 3.97. The lowest BCUT2D eigenvalue weighted by Crippen LogP contribution is -2.52. The molecule has 2 N–H and O–H groups in total. The van der Waals surface area contributed by atoms with Gasteiger partial charge >= 0.3 is 6.03 Å². The summed E-state index contributed by atoms with van der Waals surface area (Å²) in [7, 11) is 1.47. The van der Waals surface area contributed by atoms with Crippen LogP contribution >= 0.6 is 11.6 Å². The number of carbonyl (C=O) groups is 2. The highest BCUT2D eigenvalue weighted by atomic mass is 35.5. The van der Waals surface area contributed by atoms with Gasteiger partial charge in [-0.05, 0) is 13.0 Å². The van der Waals surface area contributed by atoms with Crippen LogP contribution in [0.1, 0.15) is 18.6 Å². The van der Waals surface area contributed by atoms with Crippen LogP contribution in [0, 0.1) is 0 Å². The second-order valence-corrected chi connectivity index (χ2v) is 5.53. The molecule has 0 spiro atoms. The van der Waals surface area contributed by atoms with Gasteiger partial charge < -0.3 is 10.1 Å². The SMILES string of the molecule is CNC(=O)NC(=O)[C@H](C)N1CCO[C@@H](c2ccccc2Cl)C1. The largest absolute Gasteiger partial charge is 0.371 e. The van der Waals surface area contributed by atoms with Gasteiger partial charge in [0, 0.05) is 30.7 Å². The number of rotatable bonds is 3. The summed E-state index contributed by atoms with van der Waals surface area (Å²) in [4.78, 5) is 25.3. The van der Waals surface area contributed by atoms with Crippen LogP contribution in [0.2, 0.25) is 5.02 Å². The number of carbonyl (C=O) groups excluding carboxylic acids is 2. The van der Waals surface area contributed by atoms with Gasteiger partial charge in [0.25, 0.3) is 0 Å². The zero-order valence-corrected chi connectivity index (χ0v) is 13.4. The molecule has 22 heavy (non-hydrogen) atoms. The standard InChI is InChI=1S/C15H20ClN3O3/c1-10(14(20)18-15(21)17-2)19-7-8-22-13(9-19)11-5-3-4-6-12(11)16/h3-6,10,13H,7-9H2,1-2H3,(H2,17,18,20,21)/t10-,13+/m0/s1. The van der Waals surface area contributed by atoms with E-state index in [4.69, 9.17) is 16.3 Å². The molecule has 1 aromatic rings. The highest BCUT2D eigenvalue weighted by Gasteiger charge is 2.30. The van der Waals surface area contributed by atoms with Crippen molar-refractivity contribution in [2.45, 2.75) is 19.1 Å². The number of halogens is 1. The molecule has 3 amide bonds. The predicted molar refractivity (Wildman–Crippen MR) is 83.8 cm³/mol. The first-order chi connectivity index (χ1) is 10.5. The number of urea groups is 1. The van der Waals surface area contributed by atoms with Gasteiger partial charge in [-0.3, -0.25) is 15.0 Å². The van der Waals surface area contributed by atoms with Crippen molar-refractivity contribution in [3.63, 3.8) is 0 Å². The van der Waals surface area contributed by atoms with E-state index in [0.717, 1.165) is 5.56 Å². The van der Waals surface area contributed by atoms with Crippen molar-refractivity contribution in [3.05, 3.63) is 34.9 Å². The van der Waals surface area contributed by atoms with Crippen LogP contribution in [-0.2, 0) is 9.53 Å². The minimum Gasteiger partial charge on any atom is -0.371 e. The van der Waals surface area contributed by atoms with Gasteiger partial charge in [-0.1, -0.05) is 29.8 Å². The minimum atomic E-state index is -0.507. The van der Waals surface area contributed by atoms with Crippen molar-refractivity contribution in [2.24, 2.45) is 0 Å². The summed E-state index contributed by atoms with van der Waals surface area (Å²) in [6.45, 7) is 3.45. The fourth-order valence-corrected chi connectivity index (χ4v) is 2.65. The van der Waals surface area contributed by atoms with Gasteiger partial charge in [-0.25, -0.2) is 4.79 Å². The van der Waals surface area contributed by atoms with E-state index < -0.39 is 12.1 Å². The molecule has 120 valence electrons. The van der Waals surface area contributed by atoms with Crippen molar-refractivity contribution < 1.29 is 14.3 Å². The van der Waals surface area contributed by atoms with E-state index in [9.17, 15) is 9.59 Å². The van der Waals surface area contributed by atoms with Gasteiger partial charge in [-0.15, -0.1) is 0 Å². The third-order valence-corrected chi connectivity index (χ3v) is 4.09. The Kier molecular flexibility index (Phi) is 5.76. The number of amides is 3. The van der Waals surface area contributed by atoms with Crippen LogP contribution in [0.3, 0.4) is 0 Å². The second kappa shape index (κ2) is 7.58. The Labute approximate surface area is 134 Å². The van der Waals surface area contributed by atoms with E-state index in [1.54, 1.807) is 6.92 Å². The first-order valence-electron chi connectivity index (χ1n) is 7.15. The molecule has 1 saturated heterocycles. The summed E-state index contributed by atoms with van der Waals surface area (Å²) in [5.74, 6) is -0.334. The number of imide groups is 1. The molecular formula is C15H20ClN3O3. The first-order valence-corrected chi connectivity index (χ1v) is 7.53. The molecule has 1 aliphatic heterocycles. The maximum Gasteiger partial charge on any atom is 0.321 e. The second-order valence-electron chi connectivity index (χ2n) is 5.12. The molecule has 1 aromatic carbocycles. The Balaban J connectivity index is 2.02. The van der Waals surface area contributed by atoms with Crippen molar-refractivity contribution in [3.8, 4) is 0 Å². The van der Waals surface area contributed by atoms with Gasteiger partial charge in [0.05, 0.1) is 18.8 Å². The van der Waals surface area contributed by atoms with Crippen molar-refractivity contribution in [2.75, 3.05) is 26.7 Å². The van der Waals surface area contributed by atoms with Crippen LogP contribution in [0.5, 0.6) is 0 Å². The van der Waals surface area contributed by atoms with Crippen molar-refractivity contribution >= 4 is 23.5 Å². The number of hydrogen-bond donors (Lipinski definition) is 2. The van der Waals surface area contributed by atoms with E-state index in [1.807, 2.05) is 29.2 Å². The molecule has 0 aromatic heterocycles. The zero-order valence-electron chi connectivity index (χ0n) is 12.6. The number of morpholine rings is 1. The topological polar surface area (TPSA) is 70.7 Å². The molecule has 0 radical (unpaired) electrons. The minimum absolute atomic E-state index is 0.183. The Bertz CT molecular complexity index is 553. The molecule has 0 aliphatic carbocycles. The Hall–Kier alpha value is -1.63. The van der Waals surface area contributed by atoms with E-state index in [0.29, 0.717) is 24.7 Å².